The molecule has 0 unspecified atom stereocenters. The van der Waals surface area contributed by atoms with Crippen molar-refractivity contribution in [1.82, 2.24) is 4.90 Å². The molecule has 0 radical (unpaired) electrons. The van der Waals surface area contributed by atoms with E-state index in [0.717, 1.165) is 29.9 Å². The van der Waals surface area contributed by atoms with E-state index in [2.05, 4.69) is 18.2 Å². The monoisotopic (exact) mass is 351 g/mol. The minimum absolute atomic E-state index is 0.0345. The average molecular weight is 352 g/mol. The van der Waals surface area contributed by atoms with E-state index in [-0.39, 0.29) is 5.91 Å². The van der Waals surface area contributed by atoms with Gasteiger partial charge in [0.25, 0.3) is 0 Å². The minimum Gasteiger partial charge on any atom is -0.488 e. The van der Waals surface area contributed by atoms with Crippen LogP contribution in [0.3, 0.4) is 0 Å². The van der Waals surface area contributed by atoms with Crippen LogP contribution in [-0.2, 0) is 17.8 Å². The molecule has 2 aliphatic rings. The molecule has 0 aliphatic carbocycles. The summed E-state index contributed by atoms with van der Waals surface area (Å²) in [5, 5.41) is 0.673. The Morgan fingerprint density at radius 3 is 2.88 bits per heavy atom. The van der Waals surface area contributed by atoms with Crippen LogP contribution in [0, 0.1) is 0 Å². The molecular weight excluding hydrogens is 334 g/mol. The lowest BCUT2D eigenvalue weighted by Gasteiger charge is -2.28. The Morgan fingerprint density at radius 1 is 1.16 bits per heavy atom. The lowest BCUT2D eigenvalue weighted by Crippen LogP contribution is -2.34. The molecule has 0 fully saturated rings. The summed E-state index contributed by atoms with van der Waals surface area (Å²) in [5.41, 5.74) is 4.48. The molecule has 4 heteroatoms. The van der Waals surface area contributed by atoms with Crippen molar-refractivity contribution in [3.63, 3.8) is 0 Å². The maximum Gasteiger partial charge on any atom is 0.246 e. The number of hydrogen-bond donors (Lipinski definition) is 0. The number of nitrogens with zero attached hydrogens (tertiary/aromatic N) is 1. The predicted octanol–water partition coefficient (Wildman–Crippen LogP) is 4.26. The van der Waals surface area contributed by atoms with Crippen molar-refractivity contribution in [3.05, 3.63) is 81.9 Å². The highest BCUT2D eigenvalue weighted by Gasteiger charge is 2.18. The van der Waals surface area contributed by atoms with Crippen LogP contribution < -0.4 is 4.74 Å². The third kappa shape index (κ3) is 3.47. The second kappa shape index (κ2) is 6.77. The molecule has 0 spiro atoms. The number of amides is 1. The zero-order valence-corrected chi connectivity index (χ0v) is 14.5. The highest BCUT2D eigenvalue weighted by Crippen LogP contribution is 2.29. The van der Waals surface area contributed by atoms with Gasteiger partial charge in [-0.15, -0.1) is 0 Å². The lowest BCUT2D eigenvalue weighted by atomic mass is 10.00. The average Bonchev–Trinajstić information content (AvgIpc) is 2.65. The van der Waals surface area contributed by atoms with Gasteiger partial charge in [-0.1, -0.05) is 41.9 Å². The molecule has 126 valence electrons. The number of ether oxygens (including phenoxy) is 1. The summed E-state index contributed by atoms with van der Waals surface area (Å²) in [5.74, 6) is 0.854. The fourth-order valence-electron chi connectivity index (χ4n) is 3.23. The number of fused-ring (bicyclic) bond motifs is 2. The van der Waals surface area contributed by atoms with Gasteiger partial charge >= 0.3 is 0 Å². The van der Waals surface area contributed by atoms with Gasteiger partial charge in [0.15, 0.2) is 0 Å². The van der Waals surface area contributed by atoms with Crippen LogP contribution in [-0.4, -0.2) is 24.0 Å². The summed E-state index contributed by atoms with van der Waals surface area (Å²) in [6.45, 7) is 1.89. The highest BCUT2D eigenvalue weighted by atomic mass is 35.5. The van der Waals surface area contributed by atoms with Crippen LogP contribution in [0.25, 0.3) is 6.08 Å². The first-order chi connectivity index (χ1) is 12.2. The zero-order valence-electron chi connectivity index (χ0n) is 13.7. The maximum absolute atomic E-state index is 12.5. The molecule has 3 nitrogen and oxygen atoms in total. The van der Waals surface area contributed by atoms with Gasteiger partial charge in [0, 0.05) is 29.8 Å². The van der Waals surface area contributed by atoms with Gasteiger partial charge in [-0.3, -0.25) is 4.79 Å². The van der Waals surface area contributed by atoms with Crippen molar-refractivity contribution in [2.24, 2.45) is 0 Å². The summed E-state index contributed by atoms with van der Waals surface area (Å²) in [7, 11) is 0. The molecule has 0 N–H and O–H groups in total. The number of hydrogen-bond acceptors (Lipinski definition) is 2. The Balaban J connectivity index is 1.46. The molecule has 25 heavy (non-hydrogen) atoms. The third-order valence-corrected chi connectivity index (χ3v) is 4.82. The summed E-state index contributed by atoms with van der Waals surface area (Å²) < 4.78 is 5.71. The smallest absolute Gasteiger partial charge is 0.246 e. The first kappa shape index (κ1) is 16.0. The molecule has 0 bridgehead atoms. The fourth-order valence-corrected chi connectivity index (χ4v) is 3.41. The van der Waals surface area contributed by atoms with Crippen molar-refractivity contribution in [3.8, 4) is 5.75 Å². The summed E-state index contributed by atoms with van der Waals surface area (Å²) >= 11 is 6.03. The number of carbonyl (C=O) groups is 1. The number of halogens is 1. The van der Waals surface area contributed by atoms with Crippen LogP contribution >= 0.6 is 11.6 Å². The van der Waals surface area contributed by atoms with Crippen molar-refractivity contribution in [1.29, 1.82) is 0 Å². The molecule has 0 saturated carbocycles. The first-order valence-corrected chi connectivity index (χ1v) is 8.73. The predicted molar refractivity (Wildman–Crippen MR) is 99.6 cm³/mol. The van der Waals surface area contributed by atoms with Gasteiger partial charge in [-0.05, 0) is 47.4 Å². The van der Waals surface area contributed by atoms with E-state index in [1.165, 1.54) is 11.1 Å². The molecule has 2 aliphatic heterocycles. The van der Waals surface area contributed by atoms with E-state index in [4.69, 9.17) is 16.3 Å². The fraction of sp³-hybridized carbons (Fsp3) is 0.190. The Morgan fingerprint density at radius 2 is 2.00 bits per heavy atom. The van der Waals surface area contributed by atoms with E-state index >= 15 is 0 Å². The van der Waals surface area contributed by atoms with Crippen LogP contribution in [0.15, 0.2) is 60.2 Å². The van der Waals surface area contributed by atoms with E-state index in [9.17, 15) is 4.79 Å². The summed E-state index contributed by atoms with van der Waals surface area (Å²) in [4.78, 5) is 14.4. The van der Waals surface area contributed by atoms with E-state index < -0.39 is 0 Å². The third-order valence-electron chi connectivity index (χ3n) is 4.59. The summed E-state index contributed by atoms with van der Waals surface area (Å²) in [6.07, 6.45) is 6.40. The van der Waals surface area contributed by atoms with Crippen molar-refractivity contribution < 1.29 is 9.53 Å². The lowest BCUT2D eigenvalue weighted by molar-refractivity contribution is -0.126. The Bertz CT molecular complexity index is 885. The molecule has 2 heterocycles. The number of rotatable bonds is 2. The van der Waals surface area contributed by atoms with Crippen molar-refractivity contribution >= 4 is 23.6 Å². The van der Waals surface area contributed by atoms with Gasteiger partial charge in [0.2, 0.25) is 5.91 Å². The largest absolute Gasteiger partial charge is 0.488 e. The molecule has 2 aromatic rings. The SMILES string of the molecule is O=C(/C=C/C1=Cc2cc(Cl)ccc2OC1)N1CCc2ccccc2C1. The molecule has 0 saturated heterocycles. The molecule has 0 aromatic heterocycles. The van der Waals surface area contributed by atoms with Gasteiger partial charge in [-0.2, -0.15) is 0 Å². The summed E-state index contributed by atoms with van der Waals surface area (Å²) in [6, 6.07) is 13.9. The van der Waals surface area contributed by atoms with Gasteiger partial charge < -0.3 is 9.64 Å². The first-order valence-electron chi connectivity index (χ1n) is 8.36. The van der Waals surface area contributed by atoms with Gasteiger partial charge in [0.05, 0.1) is 0 Å². The Kier molecular flexibility index (Phi) is 4.33. The Hall–Kier alpha value is -2.52. The zero-order chi connectivity index (χ0) is 17.2. The standard InChI is InChI=1S/C21H18ClNO2/c22-19-6-7-20-18(12-19)11-15(14-25-20)5-8-21(24)23-10-9-16-3-1-2-4-17(16)13-23/h1-8,11-12H,9-10,13-14H2/b8-5+. The van der Waals surface area contributed by atoms with Gasteiger partial charge in [-0.25, -0.2) is 0 Å². The van der Waals surface area contributed by atoms with Crippen LogP contribution in [0.2, 0.25) is 5.02 Å². The molecule has 2 aromatic carbocycles. The molecular formula is C21H18ClNO2. The van der Waals surface area contributed by atoms with Crippen LogP contribution in [0.1, 0.15) is 16.7 Å². The second-order valence-electron chi connectivity index (χ2n) is 6.30. The van der Waals surface area contributed by atoms with Crippen molar-refractivity contribution in [2.75, 3.05) is 13.2 Å². The van der Waals surface area contributed by atoms with Crippen molar-refractivity contribution in [2.45, 2.75) is 13.0 Å². The second-order valence-corrected chi connectivity index (χ2v) is 6.74. The number of benzene rings is 2. The maximum atomic E-state index is 12.5. The van der Waals surface area contributed by atoms with E-state index in [1.54, 1.807) is 6.08 Å². The van der Waals surface area contributed by atoms with Crippen LogP contribution in [0.5, 0.6) is 5.75 Å². The molecule has 4 rings (SSSR count). The van der Waals surface area contributed by atoms with Gasteiger partial charge in [0.1, 0.15) is 12.4 Å². The molecule has 1 amide bonds. The van der Waals surface area contributed by atoms with E-state index in [1.807, 2.05) is 41.3 Å². The number of carbonyl (C=O) groups excluding carboxylic acids is 1. The molecule has 0 atom stereocenters. The quantitative estimate of drug-likeness (QED) is 0.757. The minimum atomic E-state index is 0.0345. The Labute approximate surface area is 152 Å². The highest BCUT2D eigenvalue weighted by molar-refractivity contribution is 6.30. The normalized spacial score (nSPS) is 16.0. The van der Waals surface area contributed by atoms with E-state index in [0.29, 0.717) is 18.2 Å². The van der Waals surface area contributed by atoms with Crippen LogP contribution in [0.4, 0.5) is 0 Å². The topological polar surface area (TPSA) is 29.5 Å².